The summed E-state index contributed by atoms with van der Waals surface area (Å²) in [6.45, 7) is 2.14. The summed E-state index contributed by atoms with van der Waals surface area (Å²) < 4.78 is 5.64. The van der Waals surface area contributed by atoms with Crippen LogP contribution in [0.3, 0.4) is 0 Å². The molecule has 1 atom stereocenters. The number of rotatable bonds is 7. The zero-order valence-electron chi connectivity index (χ0n) is 14.0. The Hall–Kier alpha value is -2.63. The summed E-state index contributed by atoms with van der Waals surface area (Å²) in [7, 11) is 0. The standard InChI is InChI=1S/C18H16N4O2S2/c1-13(26-18-21-20-16(24-18)15-9-5-12-25-15)17(23)22(11-6-10-19)14-7-3-2-4-8-14/h2-5,7-9,12-13H,6,11H2,1H3. The van der Waals surface area contributed by atoms with Crippen molar-refractivity contribution in [3.63, 3.8) is 0 Å². The Kier molecular flexibility index (Phi) is 6.04. The van der Waals surface area contributed by atoms with Crippen LogP contribution in [0.2, 0.25) is 0 Å². The van der Waals surface area contributed by atoms with Crippen LogP contribution < -0.4 is 4.90 Å². The quantitative estimate of drug-likeness (QED) is 0.567. The van der Waals surface area contributed by atoms with E-state index in [2.05, 4.69) is 16.3 Å². The molecule has 3 aromatic rings. The second-order valence-corrected chi connectivity index (χ2v) is 7.58. The molecule has 0 N–H and O–H groups in total. The van der Waals surface area contributed by atoms with Crippen LogP contribution in [-0.4, -0.2) is 27.9 Å². The van der Waals surface area contributed by atoms with Gasteiger partial charge in [-0.2, -0.15) is 5.26 Å². The van der Waals surface area contributed by atoms with Gasteiger partial charge in [-0.1, -0.05) is 36.0 Å². The van der Waals surface area contributed by atoms with Gasteiger partial charge in [-0.15, -0.1) is 21.5 Å². The summed E-state index contributed by atoms with van der Waals surface area (Å²) in [6.07, 6.45) is 0.265. The van der Waals surface area contributed by atoms with Crippen LogP contribution in [-0.2, 0) is 4.79 Å². The third-order valence-electron chi connectivity index (χ3n) is 3.54. The lowest BCUT2D eigenvalue weighted by Gasteiger charge is -2.24. The molecule has 0 fully saturated rings. The molecule has 0 bridgehead atoms. The topological polar surface area (TPSA) is 83.0 Å². The maximum absolute atomic E-state index is 12.9. The number of thioether (sulfide) groups is 1. The molecule has 1 aromatic carbocycles. The van der Waals surface area contributed by atoms with Gasteiger partial charge < -0.3 is 9.32 Å². The van der Waals surface area contributed by atoms with Gasteiger partial charge in [0.05, 0.1) is 22.6 Å². The maximum atomic E-state index is 12.9. The van der Waals surface area contributed by atoms with Crippen LogP contribution >= 0.6 is 23.1 Å². The third kappa shape index (κ3) is 4.31. The lowest BCUT2D eigenvalue weighted by molar-refractivity contribution is -0.117. The molecule has 6 nitrogen and oxygen atoms in total. The molecule has 1 amide bonds. The van der Waals surface area contributed by atoms with Crippen LogP contribution in [0.1, 0.15) is 13.3 Å². The molecule has 26 heavy (non-hydrogen) atoms. The van der Waals surface area contributed by atoms with E-state index in [0.717, 1.165) is 10.6 Å². The number of carbonyl (C=O) groups is 1. The van der Waals surface area contributed by atoms with Gasteiger partial charge in [-0.05, 0) is 30.5 Å². The number of amides is 1. The highest BCUT2D eigenvalue weighted by atomic mass is 32.2. The van der Waals surface area contributed by atoms with Gasteiger partial charge in [0, 0.05) is 12.2 Å². The largest absolute Gasteiger partial charge is 0.410 e. The van der Waals surface area contributed by atoms with Crippen LogP contribution in [0.25, 0.3) is 10.8 Å². The minimum Gasteiger partial charge on any atom is -0.410 e. The smallest absolute Gasteiger partial charge is 0.277 e. The Bertz CT molecular complexity index is 888. The maximum Gasteiger partial charge on any atom is 0.277 e. The molecular formula is C18H16N4O2S2. The summed E-state index contributed by atoms with van der Waals surface area (Å²) in [5, 5.41) is 18.8. The van der Waals surface area contributed by atoms with E-state index in [4.69, 9.17) is 9.68 Å². The number of nitriles is 1. The lowest BCUT2D eigenvalue weighted by Crippen LogP contribution is -2.37. The summed E-state index contributed by atoms with van der Waals surface area (Å²) in [6, 6.07) is 15.2. The number of hydrogen-bond acceptors (Lipinski definition) is 7. The average molecular weight is 384 g/mol. The van der Waals surface area contributed by atoms with Gasteiger partial charge in [0.2, 0.25) is 5.91 Å². The molecule has 0 saturated heterocycles. The molecule has 2 aromatic heterocycles. The number of hydrogen-bond donors (Lipinski definition) is 0. The normalized spacial score (nSPS) is 11.7. The predicted molar refractivity (Wildman–Crippen MR) is 102 cm³/mol. The molecule has 2 heterocycles. The summed E-state index contributed by atoms with van der Waals surface area (Å²) >= 11 is 2.73. The molecule has 0 spiro atoms. The van der Waals surface area contributed by atoms with Crippen molar-refractivity contribution >= 4 is 34.7 Å². The fraction of sp³-hybridized carbons (Fsp3) is 0.222. The molecule has 0 radical (unpaired) electrons. The molecular weight excluding hydrogens is 368 g/mol. The Morgan fingerprint density at radius 1 is 1.31 bits per heavy atom. The minimum atomic E-state index is -0.425. The SMILES string of the molecule is CC(Sc1nnc(-c2cccs2)o1)C(=O)N(CCC#N)c1ccccc1. The van der Waals surface area contributed by atoms with Gasteiger partial charge in [0.15, 0.2) is 0 Å². The zero-order valence-corrected chi connectivity index (χ0v) is 15.7. The Morgan fingerprint density at radius 2 is 2.12 bits per heavy atom. The predicted octanol–water partition coefficient (Wildman–Crippen LogP) is 4.23. The van der Waals surface area contributed by atoms with Gasteiger partial charge in [0.1, 0.15) is 0 Å². The first kappa shape index (κ1) is 18.2. The molecule has 1 unspecified atom stereocenters. The molecule has 8 heteroatoms. The van der Waals surface area contributed by atoms with E-state index < -0.39 is 5.25 Å². The zero-order chi connectivity index (χ0) is 18.4. The van der Waals surface area contributed by atoms with Crippen molar-refractivity contribution in [3.05, 3.63) is 47.8 Å². The molecule has 0 saturated carbocycles. The van der Waals surface area contributed by atoms with Crippen molar-refractivity contribution in [2.45, 2.75) is 23.8 Å². The van der Waals surface area contributed by atoms with E-state index in [1.54, 1.807) is 11.8 Å². The molecule has 132 valence electrons. The number of aromatic nitrogens is 2. The number of para-hydroxylation sites is 1. The molecule has 0 aliphatic carbocycles. The fourth-order valence-corrected chi connectivity index (χ4v) is 3.70. The molecule has 0 aliphatic rings. The molecule has 3 rings (SSSR count). The van der Waals surface area contributed by atoms with Crippen molar-refractivity contribution in [1.82, 2.24) is 10.2 Å². The first-order chi connectivity index (χ1) is 12.7. The van der Waals surface area contributed by atoms with E-state index in [0.29, 0.717) is 17.7 Å². The van der Waals surface area contributed by atoms with Crippen LogP contribution in [0.15, 0.2) is 57.5 Å². The highest BCUT2D eigenvalue weighted by Gasteiger charge is 2.25. The summed E-state index contributed by atoms with van der Waals surface area (Å²) in [5.41, 5.74) is 0.769. The Labute approximate surface area is 159 Å². The van der Waals surface area contributed by atoms with Crippen molar-refractivity contribution in [3.8, 4) is 16.8 Å². The van der Waals surface area contributed by atoms with Gasteiger partial charge in [0.25, 0.3) is 11.1 Å². The van der Waals surface area contributed by atoms with Crippen molar-refractivity contribution in [1.29, 1.82) is 5.26 Å². The van der Waals surface area contributed by atoms with Gasteiger partial charge in [-0.3, -0.25) is 4.79 Å². The number of carbonyl (C=O) groups excluding carboxylic acids is 1. The minimum absolute atomic E-state index is 0.104. The van der Waals surface area contributed by atoms with E-state index in [1.807, 2.05) is 47.8 Å². The van der Waals surface area contributed by atoms with Crippen molar-refractivity contribution in [2.24, 2.45) is 0 Å². The monoisotopic (exact) mass is 384 g/mol. The van der Waals surface area contributed by atoms with E-state index in [1.165, 1.54) is 23.1 Å². The van der Waals surface area contributed by atoms with Crippen molar-refractivity contribution < 1.29 is 9.21 Å². The van der Waals surface area contributed by atoms with E-state index in [-0.39, 0.29) is 12.3 Å². The number of benzene rings is 1. The second-order valence-electron chi connectivity index (χ2n) is 5.34. The van der Waals surface area contributed by atoms with Crippen LogP contribution in [0.5, 0.6) is 0 Å². The first-order valence-electron chi connectivity index (χ1n) is 7.96. The summed E-state index contributed by atoms with van der Waals surface area (Å²) in [5.74, 6) is 0.346. The van der Waals surface area contributed by atoms with Gasteiger partial charge in [-0.25, -0.2) is 0 Å². The Balaban J connectivity index is 1.72. The lowest BCUT2D eigenvalue weighted by atomic mass is 10.2. The second kappa shape index (κ2) is 8.65. The van der Waals surface area contributed by atoms with E-state index in [9.17, 15) is 4.79 Å². The van der Waals surface area contributed by atoms with Gasteiger partial charge >= 0.3 is 0 Å². The number of thiophene rings is 1. The van der Waals surface area contributed by atoms with Crippen LogP contribution in [0, 0.1) is 11.3 Å². The summed E-state index contributed by atoms with van der Waals surface area (Å²) in [4.78, 5) is 15.4. The number of anilines is 1. The van der Waals surface area contributed by atoms with Crippen molar-refractivity contribution in [2.75, 3.05) is 11.4 Å². The highest BCUT2D eigenvalue weighted by molar-refractivity contribution is 8.00. The van der Waals surface area contributed by atoms with Crippen LogP contribution in [0.4, 0.5) is 5.69 Å². The average Bonchev–Trinajstić information content (AvgIpc) is 3.34. The highest BCUT2D eigenvalue weighted by Crippen LogP contribution is 2.29. The molecule has 0 aliphatic heterocycles. The number of nitrogens with zero attached hydrogens (tertiary/aromatic N) is 4. The fourth-order valence-electron chi connectivity index (χ4n) is 2.31. The third-order valence-corrected chi connectivity index (χ3v) is 5.32. The first-order valence-corrected chi connectivity index (χ1v) is 9.72. The van der Waals surface area contributed by atoms with E-state index >= 15 is 0 Å². The Morgan fingerprint density at radius 3 is 2.81 bits per heavy atom.